The Balaban J connectivity index is 1.97. The summed E-state index contributed by atoms with van der Waals surface area (Å²) in [5.74, 6) is 0. The number of aromatic nitrogens is 1. The molecule has 0 aromatic carbocycles. The molecule has 2 rings (SSSR count). The molecule has 1 aliphatic heterocycles. The lowest BCUT2D eigenvalue weighted by molar-refractivity contribution is 0.327. The van der Waals surface area contributed by atoms with Gasteiger partial charge < -0.3 is 0 Å². The van der Waals surface area contributed by atoms with Gasteiger partial charge in [0.15, 0.2) is 0 Å². The summed E-state index contributed by atoms with van der Waals surface area (Å²) >= 11 is 6.04. The molecular weight excluding hydrogens is 196 g/mol. The molecule has 0 saturated carbocycles. The predicted molar refractivity (Wildman–Crippen MR) is 58.5 cm³/mol. The Morgan fingerprint density at radius 1 is 1.57 bits per heavy atom. The van der Waals surface area contributed by atoms with Crippen molar-refractivity contribution in [2.45, 2.75) is 25.3 Å². The third kappa shape index (κ3) is 2.46. The topological polar surface area (TPSA) is 16.1 Å². The first-order valence-corrected chi connectivity index (χ1v) is 5.46. The molecule has 1 aromatic rings. The van der Waals surface area contributed by atoms with Gasteiger partial charge in [-0.25, -0.2) is 0 Å². The highest BCUT2D eigenvalue weighted by molar-refractivity contribution is 6.20. The van der Waals surface area contributed by atoms with Crippen LogP contribution in [0.5, 0.6) is 0 Å². The van der Waals surface area contributed by atoms with Gasteiger partial charge in [0.25, 0.3) is 0 Å². The Bertz CT molecular complexity index is 314. The van der Waals surface area contributed by atoms with Gasteiger partial charge in [0.05, 0.1) is 5.69 Å². The molecule has 14 heavy (non-hydrogen) atoms. The number of likely N-dealkylation sites (tertiary alicyclic amines) is 1. The van der Waals surface area contributed by atoms with Gasteiger partial charge in [0.2, 0.25) is 0 Å². The average Bonchev–Trinajstić information content (AvgIpc) is 2.51. The third-order valence-corrected chi connectivity index (χ3v) is 2.90. The van der Waals surface area contributed by atoms with Crippen LogP contribution in [0.4, 0.5) is 0 Å². The first-order chi connectivity index (χ1) is 6.74. The van der Waals surface area contributed by atoms with Gasteiger partial charge in [0.1, 0.15) is 0 Å². The van der Waals surface area contributed by atoms with Crippen LogP contribution in [-0.4, -0.2) is 28.4 Å². The SMILES string of the molecule is Cc1cccc(CN2CCC(Cl)C2)n1. The van der Waals surface area contributed by atoms with Crippen LogP contribution in [0.2, 0.25) is 0 Å². The molecule has 1 saturated heterocycles. The summed E-state index contributed by atoms with van der Waals surface area (Å²) in [5, 5.41) is 0.333. The van der Waals surface area contributed by atoms with Crippen LogP contribution >= 0.6 is 11.6 Å². The van der Waals surface area contributed by atoms with E-state index in [1.807, 2.05) is 13.0 Å². The Morgan fingerprint density at radius 3 is 3.07 bits per heavy atom. The number of rotatable bonds is 2. The number of alkyl halides is 1. The van der Waals surface area contributed by atoms with Crippen LogP contribution in [0.15, 0.2) is 18.2 Å². The zero-order valence-electron chi connectivity index (χ0n) is 8.41. The number of aryl methyl sites for hydroxylation is 1. The molecule has 0 N–H and O–H groups in total. The fraction of sp³-hybridized carbons (Fsp3) is 0.545. The highest BCUT2D eigenvalue weighted by Crippen LogP contribution is 2.16. The molecule has 1 fully saturated rings. The number of hydrogen-bond acceptors (Lipinski definition) is 2. The van der Waals surface area contributed by atoms with E-state index in [4.69, 9.17) is 11.6 Å². The normalized spacial score (nSPS) is 22.9. The summed E-state index contributed by atoms with van der Waals surface area (Å²) in [4.78, 5) is 6.84. The van der Waals surface area contributed by atoms with Crippen LogP contribution in [-0.2, 0) is 6.54 Å². The molecule has 0 radical (unpaired) electrons. The van der Waals surface area contributed by atoms with Gasteiger partial charge in [-0.1, -0.05) is 6.07 Å². The summed E-state index contributed by atoms with van der Waals surface area (Å²) in [5.41, 5.74) is 2.24. The van der Waals surface area contributed by atoms with Gasteiger partial charge in [-0.3, -0.25) is 9.88 Å². The van der Waals surface area contributed by atoms with Crippen LogP contribution in [0.1, 0.15) is 17.8 Å². The Morgan fingerprint density at radius 2 is 2.43 bits per heavy atom. The van der Waals surface area contributed by atoms with Crippen molar-refractivity contribution in [3.05, 3.63) is 29.6 Å². The minimum atomic E-state index is 0.333. The number of nitrogens with zero attached hydrogens (tertiary/aromatic N) is 2. The second-order valence-electron chi connectivity index (χ2n) is 3.89. The molecule has 1 atom stereocenters. The molecule has 0 amide bonds. The number of hydrogen-bond donors (Lipinski definition) is 0. The quantitative estimate of drug-likeness (QED) is 0.696. The molecule has 2 nitrogen and oxygen atoms in total. The van der Waals surface area contributed by atoms with Crippen LogP contribution in [0.25, 0.3) is 0 Å². The molecule has 2 heterocycles. The van der Waals surface area contributed by atoms with Crippen molar-refractivity contribution in [3.63, 3.8) is 0 Å². The van der Waals surface area contributed by atoms with Crippen molar-refractivity contribution < 1.29 is 0 Å². The lowest BCUT2D eigenvalue weighted by Crippen LogP contribution is -2.20. The smallest absolute Gasteiger partial charge is 0.0547 e. The molecular formula is C11H15ClN2. The van der Waals surface area contributed by atoms with Crippen molar-refractivity contribution in [2.24, 2.45) is 0 Å². The van der Waals surface area contributed by atoms with E-state index in [-0.39, 0.29) is 0 Å². The Kier molecular flexibility index (Phi) is 3.04. The van der Waals surface area contributed by atoms with Crippen molar-refractivity contribution >= 4 is 11.6 Å². The molecule has 0 spiro atoms. The predicted octanol–water partition coefficient (Wildman–Crippen LogP) is 2.20. The van der Waals surface area contributed by atoms with Crippen LogP contribution in [0, 0.1) is 6.92 Å². The highest BCUT2D eigenvalue weighted by Gasteiger charge is 2.20. The van der Waals surface area contributed by atoms with Gasteiger partial charge >= 0.3 is 0 Å². The molecule has 76 valence electrons. The fourth-order valence-electron chi connectivity index (χ4n) is 1.85. The van der Waals surface area contributed by atoms with Crippen molar-refractivity contribution in [2.75, 3.05) is 13.1 Å². The van der Waals surface area contributed by atoms with E-state index < -0.39 is 0 Å². The highest BCUT2D eigenvalue weighted by atomic mass is 35.5. The summed E-state index contributed by atoms with van der Waals surface area (Å²) in [7, 11) is 0. The van der Waals surface area contributed by atoms with Crippen LogP contribution in [0.3, 0.4) is 0 Å². The first kappa shape index (κ1) is 9.94. The molecule has 1 unspecified atom stereocenters. The Labute approximate surface area is 89.9 Å². The summed E-state index contributed by atoms with van der Waals surface area (Å²) < 4.78 is 0. The van der Waals surface area contributed by atoms with E-state index in [1.165, 1.54) is 0 Å². The lowest BCUT2D eigenvalue weighted by Gasteiger charge is -2.14. The van der Waals surface area contributed by atoms with E-state index in [0.29, 0.717) is 5.38 Å². The van der Waals surface area contributed by atoms with Crippen molar-refractivity contribution in [1.82, 2.24) is 9.88 Å². The van der Waals surface area contributed by atoms with E-state index in [9.17, 15) is 0 Å². The minimum absolute atomic E-state index is 0.333. The monoisotopic (exact) mass is 210 g/mol. The van der Waals surface area contributed by atoms with E-state index in [0.717, 1.165) is 37.4 Å². The maximum atomic E-state index is 6.04. The van der Waals surface area contributed by atoms with Gasteiger partial charge in [-0.15, -0.1) is 11.6 Å². The van der Waals surface area contributed by atoms with Gasteiger partial charge in [-0.2, -0.15) is 0 Å². The molecule has 1 aromatic heterocycles. The zero-order chi connectivity index (χ0) is 9.97. The van der Waals surface area contributed by atoms with E-state index in [1.54, 1.807) is 0 Å². The second kappa shape index (κ2) is 4.28. The summed E-state index contributed by atoms with van der Waals surface area (Å²) in [6.45, 7) is 5.06. The zero-order valence-corrected chi connectivity index (χ0v) is 9.17. The largest absolute Gasteiger partial charge is 0.296 e. The maximum absolute atomic E-state index is 6.04. The second-order valence-corrected chi connectivity index (χ2v) is 4.51. The summed E-state index contributed by atoms with van der Waals surface area (Å²) in [6, 6.07) is 6.16. The molecule has 0 bridgehead atoms. The third-order valence-electron chi connectivity index (χ3n) is 2.55. The molecule has 1 aliphatic rings. The average molecular weight is 211 g/mol. The summed E-state index contributed by atoms with van der Waals surface area (Å²) in [6.07, 6.45) is 1.10. The Hall–Kier alpha value is -0.600. The van der Waals surface area contributed by atoms with E-state index >= 15 is 0 Å². The van der Waals surface area contributed by atoms with Crippen LogP contribution < -0.4 is 0 Å². The minimum Gasteiger partial charge on any atom is -0.296 e. The molecule has 0 aliphatic carbocycles. The standard InChI is InChI=1S/C11H15ClN2/c1-9-3-2-4-11(13-9)8-14-6-5-10(12)7-14/h2-4,10H,5-8H2,1H3. The van der Waals surface area contributed by atoms with Gasteiger partial charge in [-0.05, 0) is 25.5 Å². The lowest BCUT2D eigenvalue weighted by atomic mass is 10.3. The fourth-order valence-corrected chi connectivity index (χ4v) is 2.14. The van der Waals surface area contributed by atoms with Crippen molar-refractivity contribution in [3.8, 4) is 0 Å². The van der Waals surface area contributed by atoms with Gasteiger partial charge in [0, 0.05) is 30.7 Å². The first-order valence-electron chi connectivity index (χ1n) is 5.03. The number of pyridine rings is 1. The molecule has 3 heteroatoms. The maximum Gasteiger partial charge on any atom is 0.0547 e. The van der Waals surface area contributed by atoms with E-state index in [2.05, 4.69) is 22.0 Å². The number of halogens is 1. The van der Waals surface area contributed by atoms with Crippen molar-refractivity contribution in [1.29, 1.82) is 0 Å².